The Morgan fingerprint density at radius 1 is 1.00 bits per heavy atom. The van der Waals surface area contributed by atoms with Crippen LogP contribution in [0.5, 0.6) is 11.5 Å². The lowest BCUT2D eigenvalue weighted by molar-refractivity contribution is 0.00152. The van der Waals surface area contributed by atoms with Crippen LogP contribution >= 0.6 is 0 Å². The molecule has 1 fully saturated rings. The van der Waals surface area contributed by atoms with Crippen molar-refractivity contribution in [3.63, 3.8) is 0 Å². The second kappa shape index (κ2) is 11.8. The quantitative estimate of drug-likeness (QED) is 0.350. The molecule has 1 aliphatic rings. The molecular formula is C26H36N6O6S. The molecule has 2 heterocycles. The predicted molar refractivity (Wildman–Crippen MR) is 145 cm³/mol. The maximum Gasteiger partial charge on any atom is 0.243 e. The van der Waals surface area contributed by atoms with Gasteiger partial charge < -0.3 is 18.9 Å². The number of hydrogen-bond acceptors (Lipinski definition) is 10. The molecule has 1 N–H and O–H groups in total. The minimum absolute atomic E-state index is 0.00530. The van der Waals surface area contributed by atoms with E-state index >= 15 is 0 Å². The van der Waals surface area contributed by atoms with Gasteiger partial charge in [-0.1, -0.05) is 6.07 Å². The van der Waals surface area contributed by atoms with Crippen LogP contribution in [0.15, 0.2) is 30.6 Å². The van der Waals surface area contributed by atoms with Gasteiger partial charge in [0.15, 0.2) is 5.82 Å². The summed E-state index contributed by atoms with van der Waals surface area (Å²) in [6.07, 6.45) is 3.63. The molecule has 0 saturated heterocycles. The fourth-order valence-corrected chi connectivity index (χ4v) is 5.56. The van der Waals surface area contributed by atoms with E-state index in [0.717, 1.165) is 18.4 Å². The second-order valence-electron chi connectivity index (χ2n) is 9.83. The van der Waals surface area contributed by atoms with Crippen LogP contribution in [0, 0.1) is 6.92 Å². The Morgan fingerprint density at radius 2 is 1.62 bits per heavy atom. The summed E-state index contributed by atoms with van der Waals surface area (Å²) in [5.41, 5.74) is 1.35. The minimum Gasteiger partial charge on any atom is -0.494 e. The van der Waals surface area contributed by atoms with Crippen molar-refractivity contribution in [2.45, 2.75) is 70.0 Å². The van der Waals surface area contributed by atoms with Gasteiger partial charge in [0, 0.05) is 25.4 Å². The number of nitrogens with zero attached hydrogens (tertiary/aromatic N) is 5. The van der Waals surface area contributed by atoms with Crippen molar-refractivity contribution in [2.75, 3.05) is 26.1 Å². The fraction of sp³-hybridized carbons (Fsp3) is 0.538. The highest BCUT2D eigenvalue weighted by Gasteiger charge is 2.39. The third-order valence-corrected chi connectivity index (χ3v) is 8.42. The van der Waals surface area contributed by atoms with Crippen molar-refractivity contribution < 1.29 is 27.4 Å². The maximum atomic E-state index is 13.8. The Balaban J connectivity index is 1.77. The average molecular weight is 561 g/mol. The first-order valence-corrected chi connectivity index (χ1v) is 14.3. The molecule has 2 unspecified atom stereocenters. The zero-order valence-corrected chi connectivity index (χ0v) is 24.1. The summed E-state index contributed by atoms with van der Waals surface area (Å²) < 4.78 is 54.6. The van der Waals surface area contributed by atoms with Crippen LogP contribution in [-0.2, 0) is 19.5 Å². The Hall–Kier alpha value is -3.29. The second-order valence-corrected chi connectivity index (χ2v) is 11.9. The highest BCUT2D eigenvalue weighted by Crippen LogP contribution is 2.43. The van der Waals surface area contributed by atoms with Crippen LogP contribution in [0.2, 0.25) is 0 Å². The molecule has 1 saturated carbocycles. The van der Waals surface area contributed by atoms with E-state index in [1.807, 2.05) is 20.8 Å². The molecule has 13 heteroatoms. The van der Waals surface area contributed by atoms with E-state index in [0.29, 0.717) is 23.0 Å². The largest absolute Gasteiger partial charge is 0.494 e. The maximum absolute atomic E-state index is 13.8. The molecule has 3 aromatic rings. The topological polar surface area (TPSA) is 140 Å². The number of hydrogen-bond donors (Lipinski definition) is 1. The van der Waals surface area contributed by atoms with Crippen molar-refractivity contribution in [1.82, 2.24) is 24.7 Å². The van der Waals surface area contributed by atoms with Crippen molar-refractivity contribution >= 4 is 16.0 Å². The molecule has 2 atom stereocenters. The van der Waals surface area contributed by atoms with Gasteiger partial charge in [-0.2, -0.15) is 0 Å². The molecule has 212 valence electrons. The van der Waals surface area contributed by atoms with Gasteiger partial charge >= 0.3 is 0 Å². The lowest BCUT2D eigenvalue weighted by Crippen LogP contribution is -2.35. The number of anilines is 1. The number of benzene rings is 1. The molecule has 0 amide bonds. The van der Waals surface area contributed by atoms with Crippen LogP contribution < -0.4 is 14.2 Å². The van der Waals surface area contributed by atoms with Gasteiger partial charge in [-0.15, -0.1) is 10.2 Å². The van der Waals surface area contributed by atoms with Gasteiger partial charge in [0.1, 0.15) is 34.4 Å². The number of methoxy groups -OCH3 is 3. The van der Waals surface area contributed by atoms with Crippen LogP contribution in [0.4, 0.5) is 5.95 Å². The molecule has 39 heavy (non-hydrogen) atoms. The van der Waals surface area contributed by atoms with Gasteiger partial charge in [-0.3, -0.25) is 9.29 Å². The zero-order valence-electron chi connectivity index (χ0n) is 23.3. The van der Waals surface area contributed by atoms with Crippen LogP contribution in [-0.4, -0.2) is 71.9 Å². The first-order valence-electron chi connectivity index (χ1n) is 12.7. The summed E-state index contributed by atoms with van der Waals surface area (Å²) >= 11 is 0. The van der Waals surface area contributed by atoms with Gasteiger partial charge in [-0.25, -0.2) is 18.4 Å². The highest BCUT2D eigenvalue weighted by molar-refractivity contribution is 7.93. The van der Waals surface area contributed by atoms with Gasteiger partial charge in [0.05, 0.1) is 26.4 Å². The van der Waals surface area contributed by atoms with Crippen molar-refractivity contribution in [3.8, 4) is 17.2 Å². The predicted octanol–water partition coefficient (Wildman–Crippen LogP) is 3.57. The number of ether oxygens (including phenoxy) is 4. The summed E-state index contributed by atoms with van der Waals surface area (Å²) in [5.74, 6) is 1.81. The monoisotopic (exact) mass is 560 g/mol. The highest BCUT2D eigenvalue weighted by atomic mass is 32.2. The van der Waals surface area contributed by atoms with E-state index in [4.69, 9.17) is 18.9 Å². The van der Waals surface area contributed by atoms with E-state index < -0.39 is 21.4 Å². The Labute approximate surface area is 229 Å². The summed E-state index contributed by atoms with van der Waals surface area (Å²) in [7, 11) is 0.654. The number of aromatic nitrogens is 5. The first kappa shape index (κ1) is 28.7. The lowest BCUT2D eigenvalue weighted by Gasteiger charge is -2.33. The zero-order chi connectivity index (χ0) is 28.3. The summed E-state index contributed by atoms with van der Waals surface area (Å²) in [6.45, 7) is 7.07. The Morgan fingerprint density at radius 3 is 2.15 bits per heavy atom. The third kappa shape index (κ3) is 5.99. The SMILES string of the molecule is COc1cccc(OC)c1-n1c(NS(=O)(=O)C(C)C(OC(C)C)c2ncc(C)cn2)nnc1[C@H]1C[C@@H](OC)C1. The molecule has 12 nitrogen and oxygen atoms in total. The molecular weight excluding hydrogens is 524 g/mol. The normalized spacial score (nSPS) is 18.9. The summed E-state index contributed by atoms with van der Waals surface area (Å²) in [5, 5.41) is 7.60. The Kier molecular flexibility index (Phi) is 8.72. The number of nitrogens with one attached hydrogen (secondary N) is 1. The van der Waals surface area contributed by atoms with Crippen molar-refractivity contribution in [1.29, 1.82) is 0 Å². The number of rotatable bonds is 12. The lowest BCUT2D eigenvalue weighted by atomic mass is 9.81. The first-order chi connectivity index (χ1) is 18.6. The summed E-state index contributed by atoms with van der Waals surface area (Å²) in [4.78, 5) is 8.68. The van der Waals surface area contributed by atoms with Gasteiger partial charge in [0.25, 0.3) is 0 Å². The van der Waals surface area contributed by atoms with Gasteiger partial charge in [-0.05, 0) is 58.2 Å². The van der Waals surface area contributed by atoms with E-state index in [-0.39, 0.29) is 29.9 Å². The molecule has 0 spiro atoms. The van der Waals surface area contributed by atoms with E-state index in [2.05, 4.69) is 24.9 Å². The summed E-state index contributed by atoms with van der Waals surface area (Å²) in [6, 6.07) is 5.32. The smallest absolute Gasteiger partial charge is 0.243 e. The van der Waals surface area contributed by atoms with E-state index in [1.165, 1.54) is 14.2 Å². The molecule has 0 radical (unpaired) electrons. The number of para-hydroxylation sites is 1. The van der Waals surface area contributed by atoms with Crippen LogP contribution in [0.1, 0.15) is 62.8 Å². The fourth-order valence-electron chi connectivity index (χ4n) is 4.48. The number of sulfonamides is 1. The molecule has 0 bridgehead atoms. The van der Waals surface area contributed by atoms with Crippen molar-refractivity contribution in [3.05, 3.63) is 47.8 Å². The van der Waals surface area contributed by atoms with Crippen LogP contribution in [0.25, 0.3) is 5.69 Å². The third-order valence-electron chi connectivity index (χ3n) is 6.73. The Bertz CT molecular complexity index is 1350. The van der Waals surface area contributed by atoms with E-state index in [1.54, 1.807) is 49.2 Å². The van der Waals surface area contributed by atoms with Crippen molar-refractivity contribution in [2.24, 2.45) is 0 Å². The molecule has 1 aliphatic carbocycles. The standard InChI is InChI=1S/C26H36N6O6S/c1-15(2)38-23(24-27-13-16(3)14-28-24)17(4)39(33,34)31-26-30-29-25(18-11-19(12-18)35-5)32(26)22-20(36-6)9-8-10-21(22)37-7/h8-10,13-15,17-19,23H,11-12H2,1-7H3,(H,30,31)/t17?,18-,19+,23?. The molecule has 2 aromatic heterocycles. The minimum atomic E-state index is -4.09. The molecule has 0 aliphatic heterocycles. The average Bonchev–Trinajstić information content (AvgIpc) is 3.27. The molecule has 4 rings (SSSR count). The van der Waals surface area contributed by atoms with Gasteiger partial charge in [0.2, 0.25) is 16.0 Å². The number of aryl methyl sites for hydroxylation is 1. The van der Waals surface area contributed by atoms with Crippen LogP contribution in [0.3, 0.4) is 0 Å². The molecule has 1 aromatic carbocycles. The van der Waals surface area contributed by atoms with E-state index in [9.17, 15) is 8.42 Å².